The van der Waals surface area contributed by atoms with Gasteiger partial charge in [0.25, 0.3) is 0 Å². The van der Waals surface area contributed by atoms with E-state index in [0.29, 0.717) is 28.0 Å². The molecular formula is C15H18BrFN4. The van der Waals surface area contributed by atoms with Crippen LogP contribution in [0, 0.1) is 5.82 Å². The molecule has 0 spiro atoms. The van der Waals surface area contributed by atoms with Crippen molar-refractivity contribution in [3.63, 3.8) is 0 Å². The van der Waals surface area contributed by atoms with E-state index in [1.165, 1.54) is 31.9 Å². The third-order valence-corrected chi connectivity index (χ3v) is 5.52. The number of nitrogen functional groups attached to an aromatic ring is 1. The van der Waals surface area contributed by atoms with Crippen LogP contribution < -0.4 is 5.73 Å². The molecule has 2 aliphatic heterocycles. The molecule has 2 saturated heterocycles. The zero-order valence-corrected chi connectivity index (χ0v) is 13.3. The third kappa shape index (κ3) is 2.07. The highest BCUT2D eigenvalue weighted by molar-refractivity contribution is 9.10. The Bertz CT molecular complexity index is 699. The first-order chi connectivity index (χ1) is 10.1. The highest BCUT2D eigenvalue weighted by Crippen LogP contribution is 2.39. The number of rotatable bonds is 1. The van der Waals surface area contributed by atoms with Crippen LogP contribution in [0.4, 0.5) is 10.3 Å². The lowest BCUT2D eigenvalue weighted by Gasteiger charge is -2.33. The van der Waals surface area contributed by atoms with Crippen LogP contribution in [-0.2, 0) is 0 Å². The highest BCUT2D eigenvalue weighted by Gasteiger charge is 2.38. The van der Waals surface area contributed by atoms with Crippen molar-refractivity contribution in [1.29, 1.82) is 0 Å². The van der Waals surface area contributed by atoms with E-state index in [9.17, 15) is 4.39 Å². The molecule has 2 unspecified atom stereocenters. The van der Waals surface area contributed by atoms with Crippen molar-refractivity contribution < 1.29 is 4.39 Å². The number of benzene rings is 1. The van der Waals surface area contributed by atoms with Crippen molar-refractivity contribution in [2.75, 3.05) is 18.8 Å². The van der Waals surface area contributed by atoms with Crippen molar-refractivity contribution in [2.24, 2.45) is 0 Å². The van der Waals surface area contributed by atoms with Gasteiger partial charge in [-0.2, -0.15) is 0 Å². The first-order valence-corrected chi connectivity index (χ1v) is 8.31. The number of nitrogens with zero attached hydrogens (tertiary/aromatic N) is 3. The molecule has 21 heavy (non-hydrogen) atoms. The minimum absolute atomic E-state index is 0.294. The standard InChI is InChI=1S/C15H18BrFN4/c16-9-7-14-11(8-10(9)17)19-15(18)21(14)13-4-6-20-5-2-1-3-12(13)20/h7-8,12-13H,1-6H2,(H2,18,19). The SMILES string of the molecule is Nc1nc2cc(F)c(Br)cc2n1C1CCN2CCCCC12. The molecule has 6 heteroatoms. The van der Waals surface area contributed by atoms with E-state index < -0.39 is 0 Å². The van der Waals surface area contributed by atoms with Crippen LogP contribution in [0.2, 0.25) is 0 Å². The number of halogens is 2. The number of imidazole rings is 1. The Labute approximate surface area is 131 Å². The summed E-state index contributed by atoms with van der Waals surface area (Å²) in [4.78, 5) is 6.93. The summed E-state index contributed by atoms with van der Waals surface area (Å²) in [6.45, 7) is 2.31. The zero-order valence-electron chi connectivity index (χ0n) is 11.7. The van der Waals surface area contributed by atoms with Gasteiger partial charge in [0.2, 0.25) is 5.95 Å². The molecule has 0 aliphatic carbocycles. The Hall–Kier alpha value is -1.14. The van der Waals surface area contributed by atoms with Crippen molar-refractivity contribution in [1.82, 2.24) is 14.5 Å². The molecule has 0 radical (unpaired) electrons. The van der Waals surface area contributed by atoms with Crippen molar-refractivity contribution >= 4 is 32.9 Å². The van der Waals surface area contributed by atoms with Gasteiger partial charge in [0, 0.05) is 18.7 Å². The summed E-state index contributed by atoms with van der Waals surface area (Å²) in [6, 6.07) is 4.16. The smallest absolute Gasteiger partial charge is 0.201 e. The maximum atomic E-state index is 13.7. The summed E-state index contributed by atoms with van der Waals surface area (Å²) >= 11 is 3.27. The molecule has 2 fully saturated rings. The summed E-state index contributed by atoms with van der Waals surface area (Å²) in [6.07, 6.45) is 4.88. The van der Waals surface area contributed by atoms with Crippen molar-refractivity contribution in [3.8, 4) is 0 Å². The second-order valence-electron chi connectivity index (χ2n) is 6.05. The lowest BCUT2D eigenvalue weighted by molar-refractivity contribution is 0.175. The molecule has 0 amide bonds. The average Bonchev–Trinajstić information content (AvgIpc) is 3.00. The van der Waals surface area contributed by atoms with Crippen LogP contribution >= 0.6 is 15.9 Å². The molecule has 2 atom stereocenters. The molecule has 4 nitrogen and oxygen atoms in total. The van der Waals surface area contributed by atoms with Gasteiger partial charge < -0.3 is 10.3 Å². The summed E-state index contributed by atoms with van der Waals surface area (Å²) in [5.41, 5.74) is 7.72. The summed E-state index contributed by atoms with van der Waals surface area (Å²) in [5, 5.41) is 0. The van der Waals surface area contributed by atoms with E-state index in [1.54, 1.807) is 6.07 Å². The number of piperidine rings is 1. The van der Waals surface area contributed by atoms with Crippen LogP contribution in [0.25, 0.3) is 11.0 Å². The minimum atomic E-state index is -0.294. The van der Waals surface area contributed by atoms with Gasteiger partial charge in [0.15, 0.2) is 0 Å². The van der Waals surface area contributed by atoms with Gasteiger partial charge in [-0.3, -0.25) is 4.90 Å². The fourth-order valence-electron chi connectivity index (χ4n) is 3.98. The van der Waals surface area contributed by atoms with Crippen molar-refractivity contribution in [3.05, 3.63) is 22.4 Å². The molecule has 4 rings (SSSR count). The summed E-state index contributed by atoms with van der Waals surface area (Å²) < 4.78 is 16.3. The Balaban J connectivity index is 1.82. The summed E-state index contributed by atoms with van der Waals surface area (Å²) in [5.74, 6) is 0.206. The fraction of sp³-hybridized carbons (Fsp3) is 0.533. The number of aromatic nitrogens is 2. The normalized spacial score (nSPS) is 26.4. The first-order valence-electron chi connectivity index (χ1n) is 7.51. The van der Waals surface area contributed by atoms with Gasteiger partial charge in [0.05, 0.1) is 21.5 Å². The van der Waals surface area contributed by atoms with E-state index in [2.05, 4.69) is 30.4 Å². The van der Waals surface area contributed by atoms with E-state index in [1.807, 2.05) is 0 Å². The molecule has 3 heterocycles. The largest absolute Gasteiger partial charge is 0.369 e. The van der Waals surface area contributed by atoms with Gasteiger partial charge in [0.1, 0.15) is 5.82 Å². The maximum Gasteiger partial charge on any atom is 0.201 e. The molecular weight excluding hydrogens is 335 g/mol. The lowest BCUT2D eigenvalue weighted by atomic mass is 9.99. The van der Waals surface area contributed by atoms with E-state index in [-0.39, 0.29) is 5.82 Å². The average molecular weight is 353 g/mol. The molecule has 2 aromatic rings. The van der Waals surface area contributed by atoms with Crippen LogP contribution in [0.1, 0.15) is 31.7 Å². The van der Waals surface area contributed by atoms with Crippen LogP contribution in [-0.4, -0.2) is 33.6 Å². The minimum Gasteiger partial charge on any atom is -0.369 e. The predicted molar refractivity (Wildman–Crippen MR) is 84.7 cm³/mol. The van der Waals surface area contributed by atoms with Gasteiger partial charge in [-0.05, 0) is 47.8 Å². The van der Waals surface area contributed by atoms with E-state index in [0.717, 1.165) is 18.5 Å². The lowest BCUT2D eigenvalue weighted by Crippen LogP contribution is -2.37. The molecule has 1 aromatic heterocycles. The topological polar surface area (TPSA) is 47.1 Å². The Kier molecular flexibility index (Phi) is 3.19. The van der Waals surface area contributed by atoms with Gasteiger partial charge >= 0.3 is 0 Å². The number of nitrogens with two attached hydrogens (primary N) is 1. The van der Waals surface area contributed by atoms with Crippen LogP contribution in [0.5, 0.6) is 0 Å². The van der Waals surface area contributed by atoms with Gasteiger partial charge in [-0.1, -0.05) is 6.42 Å². The van der Waals surface area contributed by atoms with E-state index in [4.69, 9.17) is 5.73 Å². The zero-order chi connectivity index (χ0) is 14.6. The number of hydrogen-bond donors (Lipinski definition) is 1. The molecule has 0 saturated carbocycles. The van der Waals surface area contributed by atoms with Gasteiger partial charge in [-0.15, -0.1) is 0 Å². The van der Waals surface area contributed by atoms with Crippen LogP contribution in [0.3, 0.4) is 0 Å². The fourth-order valence-corrected chi connectivity index (χ4v) is 4.31. The molecule has 2 aliphatic rings. The quantitative estimate of drug-likeness (QED) is 0.856. The van der Waals surface area contributed by atoms with E-state index >= 15 is 0 Å². The maximum absolute atomic E-state index is 13.7. The number of anilines is 1. The van der Waals surface area contributed by atoms with Gasteiger partial charge in [-0.25, -0.2) is 9.37 Å². The van der Waals surface area contributed by atoms with Crippen LogP contribution in [0.15, 0.2) is 16.6 Å². The number of fused-ring (bicyclic) bond motifs is 2. The summed E-state index contributed by atoms with van der Waals surface area (Å²) in [7, 11) is 0. The highest BCUT2D eigenvalue weighted by atomic mass is 79.9. The second-order valence-corrected chi connectivity index (χ2v) is 6.90. The second kappa shape index (κ2) is 4.95. The Morgan fingerprint density at radius 1 is 1.19 bits per heavy atom. The predicted octanol–water partition coefficient (Wildman–Crippen LogP) is 3.32. The third-order valence-electron chi connectivity index (χ3n) is 4.91. The Morgan fingerprint density at radius 3 is 2.90 bits per heavy atom. The van der Waals surface area contributed by atoms with Crippen molar-refractivity contribution in [2.45, 2.75) is 37.8 Å². The monoisotopic (exact) mass is 352 g/mol. The molecule has 1 aromatic carbocycles. The molecule has 2 N–H and O–H groups in total. The molecule has 0 bridgehead atoms. The number of hydrogen-bond acceptors (Lipinski definition) is 3. The first kappa shape index (κ1) is 13.5. The Morgan fingerprint density at radius 2 is 2.05 bits per heavy atom. The molecule has 112 valence electrons.